The van der Waals surface area contributed by atoms with E-state index in [9.17, 15) is 9.59 Å². The van der Waals surface area contributed by atoms with Crippen LogP contribution < -0.4 is 5.73 Å². The molecule has 17 heavy (non-hydrogen) atoms. The van der Waals surface area contributed by atoms with Crippen LogP contribution in [0.3, 0.4) is 0 Å². The molecule has 5 heteroatoms. The Morgan fingerprint density at radius 2 is 2.18 bits per heavy atom. The van der Waals surface area contributed by atoms with Crippen molar-refractivity contribution in [2.75, 3.05) is 7.11 Å². The zero-order chi connectivity index (χ0) is 12.8. The number of ether oxygens (including phenoxy) is 1. The fraction of sp³-hybridized carbons (Fsp3) is 0.167. The molecule has 0 spiro atoms. The summed E-state index contributed by atoms with van der Waals surface area (Å²) in [5.74, 6) is 4.26. The Kier molecular flexibility index (Phi) is 4.56. The highest BCUT2D eigenvalue weighted by molar-refractivity contribution is 6.33. The third kappa shape index (κ3) is 3.82. The van der Waals surface area contributed by atoms with Gasteiger partial charge in [0.25, 0.3) is 0 Å². The maximum absolute atomic E-state index is 11.3. The predicted molar refractivity (Wildman–Crippen MR) is 63.5 cm³/mol. The quantitative estimate of drug-likeness (QED) is 0.637. The molecular weight excluding hydrogens is 242 g/mol. The number of esters is 1. The lowest BCUT2D eigenvalue weighted by atomic mass is 10.1. The van der Waals surface area contributed by atoms with Crippen LogP contribution in [0.25, 0.3) is 0 Å². The van der Waals surface area contributed by atoms with Gasteiger partial charge in [0, 0.05) is 5.56 Å². The Bertz CT molecular complexity index is 514. The molecule has 1 rings (SSSR count). The molecule has 0 saturated heterocycles. The van der Waals surface area contributed by atoms with E-state index in [4.69, 9.17) is 17.3 Å². The van der Waals surface area contributed by atoms with Gasteiger partial charge in [0.2, 0.25) is 5.91 Å². The molecule has 1 aromatic rings. The van der Waals surface area contributed by atoms with E-state index in [2.05, 4.69) is 16.6 Å². The van der Waals surface area contributed by atoms with E-state index in [0.717, 1.165) is 0 Å². The van der Waals surface area contributed by atoms with Crippen molar-refractivity contribution in [2.45, 2.75) is 6.42 Å². The van der Waals surface area contributed by atoms with E-state index in [1.165, 1.54) is 13.2 Å². The highest BCUT2D eigenvalue weighted by atomic mass is 35.5. The minimum atomic E-state index is -0.534. The van der Waals surface area contributed by atoms with Gasteiger partial charge in [-0.15, -0.1) is 0 Å². The van der Waals surface area contributed by atoms with Crippen LogP contribution in [-0.4, -0.2) is 19.0 Å². The molecule has 4 nitrogen and oxygen atoms in total. The van der Waals surface area contributed by atoms with Crippen molar-refractivity contribution < 1.29 is 14.3 Å². The van der Waals surface area contributed by atoms with E-state index >= 15 is 0 Å². The summed E-state index contributed by atoms with van der Waals surface area (Å²) < 4.78 is 4.57. The first-order valence-corrected chi connectivity index (χ1v) is 5.07. The summed E-state index contributed by atoms with van der Waals surface area (Å²) in [5, 5.41) is 0.289. The SMILES string of the molecule is COC(=O)c1cc(C#CCC(N)=O)ccc1Cl. The van der Waals surface area contributed by atoms with Crippen LogP contribution >= 0.6 is 11.6 Å². The van der Waals surface area contributed by atoms with Crippen LogP contribution in [0.2, 0.25) is 5.02 Å². The maximum atomic E-state index is 11.3. The fourth-order valence-electron chi connectivity index (χ4n) is 1.10. The van der Waals surface area contributed by atoms with E-state index in [1.54, 1.807) is 12.1 Å². The monoisotopic (exact) mass is 251 g/mol. The van der Waals surface area contributed by atoms with Gasteiger partial charge in [0.15, 0.2) is 0 Å². The van der Waals surface area contributed by atoms with Crippen molar-refractivity contribution >= 4 is 23.5 Å². The molecule has 1 aromatic carbocycles. The van der Waals surface area contributed by atoms with Crippen LogP contribution in [0.5, 0.6) is 0 Å². The lowest BCUT2D eigenvalue weighted by molar-refractivity contribution is -0.117. The third-order valence-electron chi connectivity index (χ3n) is 1.87. The van der Waals surface area contributed by atoms with Crippen LogP contribution in [0.1, 0.15) is 22.3 Å². The first kappa shape index (κ1) is 13.1. The van der Waals surface area contributed by atoms with Crippen LogP contribution in [0, 0.1) is 11.8 Å². The van der Waals surface area contributed by atoms with E-state index in [0.29, 0.717) is 5.56 Å². The minimum absolute atomic E-state index is 0.0316. The van der Waals surface area contributed by atoms with Crippen molar-refractivity contribution in [3.63, 3.8) is 0 Å². The topological polar surface area (TPSA) is 69.4 Å². The molecule has 0 fully saturated rings. The van der Waals surface area contributed by atoms with E-state index in [-0.39, 0.29) is 17.0 Å². The van der Waals surface area contributed by atoms with Crippen LogP contribution in [0.15, 0.2) is 18.2 Å². The molecule has 0 aliphatic heterocycles. The molecule has 0 heterocycles. The molecule has 0 saturated carbocycles. The lowest BCUT2D eigenvalue weighted by Gasteiger charge is -2.02. The van der Waals surface area contributed by atoms with Gasteiger partial charge >= 0.3 is 5.97 Å². The maximum Gasteiger partial charge on any atom is 0.339 e. The molecule has 0 unspecified atom stereocenters. The first-order chi connectivity index (χ1) is 8.04. The Labute approximate surface area is 104 Å². The van der Waals surface area contributed by atoms with Crippen molar-refractivity contribution in [1.82, 2.24) is 0 Å². The van der Waals surface area contributed by atoms with Crippen LogP contribution in [-0.2, 0) is 9.53 Å². The number of halogens is 1. The molecule has 0 aliphatic carbocycles. The molecular formula is C12H10ClNO3. The predicted octanol–water partition coefficient (Wildman–Crippen LogP) is 1.35. The Balaban J connectivity index is 2.99. The smallest absolute Gasteiger partial charge is 0.339 e. The third-order valence-corrected chi connectivity index (χ3v) is 2.20. The Morgan fingerprint density at radius 1 is 1.47 bits per heavy atom. The second-order valence-electron chi connectivity index (χ2n) is 3.13. The molecule has 0 atom stereocenters. The van der Waals surface area contributed by atoms with Crippen molar-refractivity contribution in [3.8, 4) is 11.8 Å². The number of rotatable bonds is 2. The summed E-state index contributed by atoms with van der Waals surface area (Å²) in [6.45, 7) is 0. The highest BCUT2D eigenvalue weighted by Crippen LogP contribution is 2.18. The normalized spacial score (nSPS) is 9.06. The van der Waals surface area contributed by atoms with Gasteiger partial charge in [-0.3, -0.25) is 4.79 Å². The number of carbonyl (C=O) groups excluding carboxylic acids is 2. The average molecular weight is 252 g/mol. The summed E-state index contributed by atoms with van der Waals surface area (Å²) in [6.07, 6.45) is -0.0316. The lowest BCUT2D eigenvalue weighted by Crippen LogP contribution is -2.08. The summed E-state index contributed by atoms with van der Waals surface area (Å²) in [7, 11) is 1.27. The van der Waals surface area contributed by atoms with Gasteiger partial charge in [-0.05, 0) is 18.2 Å². The number of nitrogens with two attached hydrogens (primary N) is 1. The standard InChI is InChI=1S/C12H10ClNO3/c1-17-12(16)9-7-8(5-6-10(9)13)3-2-4-11(14)15/h5-7H,4H2,1H3,(H2,14,15). The Morgan fingerprint density at radius 3 is 2.76 bits per heavy atom. The number of amides is 1. The van der Waals surface area contributed by atoms with Crippen molar-refractivity contribution in [2.24, 2.45) is 5.73 Å². The molecule has 0 radical (unpaired) electrons. The molecule has 0 bridgehead atoms. The minimum Gasteiger partial charge on any atom is -0.465 e. The van der Waals surface area contributed by atoms with Gasteiger partial charge < -0.3 is 10.5 Å². The van der Waals surface area contributed by atoms with Crippen molar-refractivity contribution in [1.29, 1.82) is 0 Å². The molecule has 0 aliphatic rings. The number of carbonyl (C=O) groups is 2. The molecule has 2 N–H and O–H groups in total. The number of primary amides is 1. The number of hydrogen-bond acceptors (Lipinski definition) is 3. The second-order valence-corrected chi connectivity index (χ2v) is 3.54. The average Bonchev–Trinajstić information content (AvgIpc) is 2.30. The summed E-state index contributed by atoms with van der Waals surface area (Å²) in [6, 6.07) is 4.69. The first-order valence-electron chi connectivity index (χ1n) is 4.69. The van der Waals surface area contributed by atoms with Gasteiger partial charge in [-0.1, -0.05) is 23.4 Å². The zero-order valence-electron chi connectivity index (χ0n) is 9.12. The molecule has 1 amide bonds. The zero-order valence-corrected chi connectivity index (χ0v) is 9.88. The summed E-state index contributed by atoms with van der Waals surface area (Å²) in [4.78, 5) is 21.8. The highest BCUT2D eigenvalue weighted by Gasteiger charge is 2.10. The largest absolute Gasteiger partial charge is 0.465 e. The number of methoxy groups -OCH3 is 1. The van der Waals surface area contributed by atoms with E-state index < -0.39 is 11.9 Å². The number of benzene rings is 1. The van der Waals surface area contributed by atoms with E-state index in [1.807, 2.05) is 0 Å². The summed E-state index contributed by atoms with van der Waals surface area (Å²) in [5.41, 5.74) is 5.75. The van der Waals surface area contributed by atoms with Gasteiger partial charge in [0.1, 0.15) is 0 Å². The molecule has 0 aromatic heterocycles. The summed E-state index contributed by atoms with van der Waals surface area (Å²) >= 11 is 5.83. The van der Waals surface area contributed by atoms with Crippen LogP contribution in [0.4, 0.5) is 0 Å². The van der Waals surface area contributed by atoms with Crippen molar-refractivity contribution in [3.05, 3.63) is 34.3 Å². The molecule has 88 valence electrons. The van der Waals surface area contributed by atoms with Gasteiger partial charge in [-0.25, -0.2) is 4.79 Å². The van der Waals surface area contributed by atoms with Gasteiger partial charge in [-0.2, -0.15) is 0 Å². The Hall–Kier alpha value is -1.99. The van der Waals surface area contributed by atoms with Gasteiger partial charge in [0.05, 0.1) is 24.1 Å². The fourth-order valence-corrected chi connectivity index (χ4v) is 1.30. The second kappa shape index (κ2) is 5.92. The number of hydrogen-bond donors (Lipinski definition) is 1.